The molecule has 4 nitrogen and oxygen atoms in total. The molecule has 0 radical (unpaired) electrons. The second-order valence-corrected chi connectivity index (χ2v) is 8.96. The van der Waals surface area contributed by atoms with E-state index in [1.54, 1.807) is 12.0 Å². The summed E-state index contributed by atoms with van der Waals surface area (Å²) >= 11 is 1.40. The van der Waals surface area contributed by atoms with E-state index in [0.29, 0.717) is 10.1 Å². The van der Waals surface area contributed by atoms with E-state index in [2.05, 4.69) is 39.8 Å². The molecule has 162 valence electrons. The summed E-state index contributed by atoms with van der Waals surface area (Å²) in [6, 6.07) is 19.8. The van der Waals surface area contributed by atoms with Crippen LogP contribution in [0.4, 0.5) is 11.4 Å². The van der Waals surface area contributed by atoms with Gasteiger partial charge in [-0.3, -0.25) is 9.69 Å². The molecular formula is C27H26N2O2S. The molecule has 1 amide bonds. The topological polar surface area (TPSA) is 41.9 Å². The zero-order valence-corrected chi connectivity index (χ0v) is 19.8. The van der Waals surface area contributed by atoms with Crippen LogP contribution in [0.1, 0.15) is 27.8 Å². The number of amidine groups is 1. The van der Waals surface area contributed by atoms with E-state index in [4.69, 9.17) is 9.73 Å². The lowest BCUT2D eigenvalue weighted by Crippen LogP contribution is -2.28. The molecule has 0 aromatic heterocycles. The number of aliphatic imine (C=N–C) groups is 1. The van der Waals surface area contributed by atoms with E-state index in [-0.39, 0.29) is 5.91 Å². The first kappa shape index (κ1) is 21.9. The third-order valence-corrected chi connectivity index (χ3v) is 6.65. The molecule has 3 aromatic rings. The van der Waals surface area contributed by atoms with Crippen LogP contribution in [0.15, 0.2) is 70.6 Å². The highest BCUT2D eigenvalue weighted by Crippen LogP contribution is 2.38. The van der Waals surface area contributed by atoms with Gasteiger partial charge in [0.2, 0.25) is 0 Å². The molecule has 3 aromatic carbocycles. The average molecular weight is 443 g/mol. The number of ether oxygens (including phenoxy) is 1. The van der Waals surface area contributed by atoms with Gasteiger partial charge in [0.25, 0.3) is 5.91 Å². The molecule has 0 aliphatic carbocycles. The minimum absolute atomic E-state index is 0.0725. The van der Waals surface area contributed by atoms with Crippen molar-refractivity contribution in [1.29, 1.82) is 0 Å². The molecule has 0 atom stereocenters. The van der Waals surface area contributed by atoms with Crippen LogP contribution >= 0.6 is 11.8 Å². The smallest absolute Gasteiger partial charge is 0.271 e. The second-order valence-electron chi connectivity index (χ2n) is 7.96. The summed E-state index contributed by atoms with van der Waals surface area (Å²) in [5.74, 6) is 0.711. The van der Waals surface area contributed by atoms with Gasteiger partial charge in [-0.05, 0) is 110 Å². The van der Waals surface area contributed by atoms with Crippen molar-refractivity contribution in [3.05, 3.63) is 93.4 Å². The van der Waals surface area contributed by atoms with Crippen molar-refractivity contribution < 1.29 is 9.53 Å². The summed E-state index contributed by atoms with van der Waals surface area (Å²) in [4.78, 5) is 20.7. The van der Waals surface area contributed by atoms with E-state index in [1.807, 2.05) is 54.6 Å². The van der Waals surface area contributed by atoms with Gasteiger partial charge >= 0.3 is 0 Å². The number of methoxy groups -OCH3 is 1. The minimum atomic E-state index is -0.0725. The van der Waals surface area contributed by atoms with Crippen LogP contribution in [0.3, 0.4) is 0 Å². The van der Waals surface area contributed by atoms with Gasteiger partial charge in [0.05, 0.1) is 23.4 Å². The van der Waals surface area contributed by atoms with Gasteiger partial charge in [-0.2, -0.15) is 0 Å². The van der Waals surface area contributed by atoms with Crippen molar-refractivity contribution in [1.82, 2.24) is 0 Å². The van der Waals surface area contributed by atoms with Gasteiger partial charge in [0.15, 0.2) is 5.17 Å². The van der Waals surface area contributed by atoms with E-state index in [0.717, 1.165) is 28.3 Å². The largest absolute Gasteiger partial charge is 0.497 e. The molecule has 0 spiro atoms. The molecule has 32 heavy (non-hydrogen) atoms. The summed E-state index contributed by atoms with van der Waals surface area (Å²) in [5.41, 5.74) is 7.32. The molecule has 5 heteroatoms. The van der Waals surface area contributed by atoms with Crippen LogP contribution in [-0.4, -0.2) is 18.2 Å². The summed E-state index contributed by atoms with van der Waals surface area (Å²) in [7, 11) is 1.64. The monoisotopic (exact) mass is 442 g/mol. The highest BCUT2D eigenvalue weighted by molar-refractivity contribution is 8.19. The third-order valence-electron chi connectivity index (χ3n) is 5.68. The van der Waals surface area contributed by atoms with Crippen molar-refractivity contribution in [3.8, 4) is 5.75 Å². The second kappa shape index (κ2) is 9.05. The normalized spacial score (nSPS) is 16.3. The Bertz CT molecular complexity index is 1240. The lowest BCUT2D eigenvalue weighted by Gasteiger charge is -2.17. The summed E-state index contributed by atoms with van der Waals surface area (Å²) in [6.07, 6.45) is 1.91. The fourth-order valence-corrected chi connectivity index (χ4v) is 4.40. The number of nitrogens with zero attached hydrogens (tertiary/aromatic N) is 2. The number of rotatable bonds is 4. The van der Waals surface area contributed by atoms with Crippen LogP contribution in [0, 0.1) is 27.7 Å². The van der Waals surface area contributed by atoms with Crippen LogP contribution in [-0.2, 0) is 4.79 Å². The van der Waals surface area contributed by atoms with Crippen molar-refractivity contribution in [2.75, 3.05) is 12.0 Å². The summed E-state index contributed by atoms with van der Waals surface area (Å²) in [5, 5.41) is 0.654. The summed E-state index contributed by atoms with van der Waals surface area (Å²) in [6.45, 7) is 8.28. The molecule has 0 bridgehead atoms. The lowest BCUT2D eigenvalue weighted by atomic mass is 10.1. The number of carbonyl (C=O) groups excluding carboxylic acids is 1. The molecule has 0 unspecified atom stereocenters. The van der Waals surface area contributed by atoms with E-state index in [9.17, 15) is 4.79 Å². The predicted molar refractivity (Wildman–Crippen MR) is 135 cm³/mol. The highest BCUT2D eigenvalue weighted by atomic mass is 32.2. The first-order valence-corrected chi connectivity index (χ1v) is 11.3. The number of benzene rings is 3. The number of hydrogen-bond acceptors (Lipinski definition) is 4. The number of thioether (sulfide) groups is 1. The van der Waals surface area contributed by atoms with Gasteiger partial charge in [0.1, 0.15) is 5.75 Å². The predicted octanol–water partition coefficient (Wildman–Crippen LogP) is 6.74. The Balaban J connectivity index is 1.78. The van der Waals surface area contributed by atoms with Gasteiger partial charge in [-0.1, -0.05) is 24.3 Å². The lowest BCUT2D eigenvalue weighted by molar-refractivity contribution is -0.113. The van der Waals surface area contributed by atoms with Crippen LogP contribution in [0.2, 0.25) is 0 Å². The molecule has 1 fully saturated rings. The fraction of sp³-hybridized carbons (Fsp3) is 0.185. The molecule has 1 aliphatic rings. The van der Waals surface area contributed by atoms with Crippen molar-refractivity contribution in [2.24, 2.45) is 4.99 Å². The van der Waals surface area contributed by atoms with E-state index < -0.39 is 0 Å². The van der Waals surface area contributed by atoms with Crippen LogP contribution in [0.25, 0.3) is 6.08 Å². The zero-order chi connectivity index (χ0) is 22.8. The first-order valence-electron chi connectivity index (χ1n) is 10.5. The van der Waals surface area contributed by atoms with Crippen molar-refractivity contribution >= 4 is 40.3 Å². The Morgan fingerprint density at radius 3 is 2.12 bits per heavy atom. The van der Waals surface area contributed by atoms with Crippen molar-refractivity contribution in [3.63, 3.8) is 0 Å². The fourth-order valence-electron chi connectivity index (χ4n) is 3.40. The Kier molecular flexibility index (Phi) is 6.19. The van der Waals surface area contributed by atoms with Gasteiger partial charge in [0, 0.05) is 0 Å². The van der Waals surface area contributed by atoms with Gasteiger partial charge in [-0.25, -0.2) is 4.99 Å². The number of anilines is 1. The molecule has 1 aliphatic heterocycles. The van der Waals surface area contributed by atoms with Crippen LogP contribution < -0.4 is 9.64 Å². The zero-order valence-electron chi connectivity index (χ0n) is 19.0. The third kappa shape index (κ3) is 4.48. The average Bonchev–Trinajstić information content (AvgIpc) is 3.08. The Morgan fingerprint density at radius 1 is 0.844 bits per heavy atom. The van der Waals surface area contributed by atoms with Crippen molar-refractivity contribution in [2.45, 2.75) is 27.7 Å². The summed E-state index contributed by atoms with van der Waals surface area (Å²) < 4.78 is 5.24. The maximum atomic E-state index is 13.5. The van der Waals surface area contributed by atoms with Gasteiger partial charge < -0.3 is 4.74 Å². The molecule has 1 heterocycles. The highest BCUT2D eigenvalue weighted by Gasteiger charge is 2.35. The number of hydrogen-bond donors (Lipinski definition) is 0. The maximum absolute atomic E-state index is 13.5. The van der Waals surface area contributed by atoms with Crippen LogP contribution in [0.5, 0.6) is 5.75 Å². The number of amides is 1. The molecule has 0 saturated carbocycles. The van der Waals surface area contributed by atoms with E-state index >= 15 is 0 Å². The first-order chi connectivity index (χ1) is 15.4. The SMILES string of the molecule is COc1ccc(/C=C2\SC(=Nc3ccc(C)c(C)c3)N(c3ccc(C)c(C)c3)C2=O)cc1. The Labute approximate surface area is 193 Å². The Morgan fingerprint density at radius 2 is 1.50 bits per heavy atom. The van der Waals surface area contributed by atoms with E-state index in [1.165, 1.54) is 28.5 Å². The van der Waals surface area contributed by atoms with Gasteiger partial charge in [-0.15, -0.1) is 0 Å². The molecular weight excluding hydrogens is 416 g/mol. The molecule has 0 N–H and O–H groups in total. The maximum Gasteiger partial charge on any atom is 0.271 e. The number of aryl methyl sites for hydroxylation is 4. The quantitative estimate of drug-likeness (QED) is 0.420. The standard InChI is InChI=1S/C27H26N2O2S/c1-17-6-10-22(14-19(17)3)28-27-29(23-11-7-18(2)20(4)15-23)26(30)25(32-27)16-21-8-12-24(31-5)13-9-21/h6-16H,1-5H3/b25-16-,28-27?. The minimum Gasteiger partial charge on any atom is -0.497 e. The number of carbonyl (C=O) groups is 1. The Hall–Kier alpha value is -3.31. The molecule has 4 rings (SSSR count). The molecule has 1 saturated heterocycles.